The fraction of sp³-hybridized carbons (Fsp3) is 0.241. The lowest BCUT2D eigenvalue weighted by molar-refractivity contribution is -0.139. The summed E-state index contributed by atoms with van der Waals surface area (Å²) >= 11 is 0. The molecule has 0 radical (unpaired) electrons. The molecule has 0 unspecified atom stereocenters. The molecular weight excluding hydrogens is 468 g/mol. The highest BCUT2D eigenvalue weighted by molar-refractivity contribution is 6.35. The fourth-order valence-corrected chi connectivity index (χ4v) is 3.44. The molecule has 37 heavy (non-hydrogen) atoms. The Morgan fingerprint density at radius 3 is 2.27 bits per heavy atom. The molecule has 192 valence electrons. The molecule has 3 amide bonds. The largest absolute Gasteiger partial charge is 0.484 e. The van der Waals surface area contributed by atoms with Gasteiger partial charge in [0.25, 0.3) is 5.91 Å². The third-order valence-electron chi connectivity index (χ3n) is 5.59. The molecule has 0 spiro atoms. The summed E-state index contributed by atoms with van der Waals surface area (Å²) < 4.78 is 5.53. The number of rotatable bonds is 9. The van der Waals surface area contributed by atoms with Gasteiger partial charge in [-0.2, -0.15) is 5.10 Å². The minimum Gasteiger partial charge on any atom is -0.484 e. The quantitative estimate of drug-likeness (QED) is 0.232. The number of nitrogens with one attached hydrogen (secondary N) is 3. The van der Waals surface area contributed by atoms with Crippen molar-refractivity contribution in [1.29, 1.82) is 0 Å². The van der Waals surface area contributed by atoms with Crippen molar-refractivity contribution < 1.29 is 19.1 Å². The number of carbonyl (C=O) groups excluding carboxylic acids is 3. The van der Waals surface area contributed by atoms with Gasteiger partial charge in [-0.15, -0.1) is 0 Å². The first kappa shape index (κ1) is 27.1. The summed E-state index contributed by atoms with van der Waals surface area (Å²) in [6, 6.07) is 20.5. The Balaban J connectivity index is 1.40. The third-order valence-corrected chi connectivity index (χ3v) is 5.59. The summed E-state index contributed by atoms with van der Waals surface area (Å²) in [7, 11) is 0. The highest BCUT2D eigenvalue weighted by atomic mass is 16.5. The molecule has 0 atom stereocenters. The van der Waals surface area contributed by atoms with Crippen molar-refractivity contribution in [3.8, 4) is 5.75 Å². The van der Waals surface area contributed by atoms with Gasteiger partial charge < -0.3 is 15.4 Å². The first-order valence-corrected chi connectivity index (χ1v) is 12.0. The van der Waals surface area contributed by atoms with Gasteiger partial charge in [0.05, 0.1) is 6.21 Å². The molecule has 3 rings (SSSR count). The predicted molar refractivity (Wildman–Crippen MR) is 145 cm³/mol. The average molecular weight is 501 g/mol. The van der Waals surface area contributed by atoms with Crippen LogP contribution in [0.2, 0.25) is 0 Å². The standard InChI is InChI=1S/C29H32N4O4/c1-19(2)24-10-6-22(7-11-24)16-30-28(35)29(36)33-31-17-23-8-12-25(13-9-23)37-18-27(34)32-26-14-5-20(3)15-21(26)4/h5-15,17,19H,16,18H2,1-4H3,(H,30,35)(H,32,34)(H,33,36)/b31-17-. The SMILES string of the molecule is Cc1ccc(NC(=O)COc2ccc(/C=N\NC(=O)C(=O)NCc3ccc(C(C)C)cc3)cc2)c(C)c1. The Hall–Kier alpha value is -4.46. The lowest BCUT2D eigenvalue weighted by Gasteiger charge is -2.10. The molecule has 0 aromatic heterocycles. The maximum atomic E-state index is 12.2. The Bertz CT molecular complexity index is 1270. The van der Waals surface area contributed by atoms with Gasteiger partial charge in [0.15, 0.2) is 6.61 Å². The van der Waals surface area contributed by atoms with Crippen LogP contribution < -0.4 is 20.8 Å². The van der Waals surface area contributed by atoms with Crippen LogP contribution in [0, 0.1) is 13.8 Å². The van der Waals surface area contributed by atoms with Crippen LogP contribution in [0.4, 0.5) is 5.69 Å². The Morgan fingerprint density at radius 1 is 0.919 bits per heavy atom. The van der Waals surface area contributed by atoms with Gasteiger partial charge in [0.2, 0.25) is 0 Å². The molecule has 8 nitrogen and oxygen atoms in total. The highest BCUT2D eigenvalue weighted by Crippen LogP contribution is 2.17. The monoisotopic (exact) mass is 500 g/mol. The smallest absolute Gasteiger partial charge is 0.329 e. The molecule has 0 heterocycles. The molecule has 0 bridgehead atoms. The van der Waals surface area contributed by atoms with E-state index < -0.39 is 11.8 Å². The van der Waals surface area contributed by atoms with Gasteiger partial charge in [-0.05, 0) is 72.4 Å². The van der Waals surface area contributed by atoms with Crippen molar-refractivity contribution in [3.63, 3.8) is 0 Å². The number of ether oxygens (including phenoxy) is 1. The number of aryl methyl sites for hydroxylation is 2. The maximum absolute atomic E-state index is 12.2. The maximum Gasteiger partial charge on any atom is 0.329 e. The fourth-order valence-electron chi connectivity index (χ4n) is 3.44. The van der Waals surface area contributed by atoms with E-state index in [9.17, 15) is 14.4 Å². The molecule has 8 heteroatoms. The van der Waals surface area contributed by atoms with E-state index in [2.05, 4.69) is 35.0 Å². The Labute approximate surface area is 217 Å². The summed E-state index contributed by atoms with van der Waals surface area (Å²) in [5.41, 5.74) is 7.86. The number of anilines is 1. The van der Waals surface area contributed by atoms with Crippen molar-refractivity contribution in [1.82, 2.24) is 10.7 Å². The zero-order chi connectivity index (χ0) is 26.8. The van der Waals surface area contributed by atoms with Gasteiger partial charge in [-0.1, -0.05) is 55.8 Å². The van der Waals surface area contributed by atoms with Crippen molar-refractivity contribution in [2.75, 3.05) is 11.9 Å². The summed E-state index contributed by atoms with van der Waals surface area (Å²) in [5, 5.41) is 9.23. The zero-order valence-corrected chi connectivity index (χ0v) is 21.5. The van der Waals surface area contributed by atoms with Crippen molar-refractivity contribution in [2.45, 2.75) is 40.2 Å². The number of amides is 3. The molecule has 0 fully saturated rings. The average Bonchev–Trinajstić information content (AvgIpc) is 2.88. The first-order chi connectivity index (χ1) is 17.7. The van der Waals surface area contributed by atoms with Crippen molar-refractivity contribution >= 4 is 29.6 Å². The molecule has 0 saturated carbocycles. The second-order valence-electron chi connectivity index (χ2n) is 9.00. The first-order valence-electron chi connectivity index (χ1n) is 12.0. The van der Waals surface area contributed by atoms with Crippen LogP contribution in [-0.2, 0) is 20.9 Å². The van der Waals surface area contributed by atoms with Crippen LogP contribution >= 0.6 is 0 Å². The van der Waals surface area contributed by atoms with E-state index in [1.165, 1.54) is 11.8 Å². The van der Waals surface area contributed by atoms with Crippen LogP contribution in [0.3, 0.4) is 0 Å². The zero-order valence-electron chi connectivity index (χ0n) is 21.5. The molecular formula is C29H32N4O4. The van der Waals surface area contributed by atoms with Gasteiger partial charge in [0, 0.05) is 12.2 Å². The number of nitrogens with zero attached hydrogens (tertiary/aromatic N) is 1. The van der Waals surface area contributed by atoms with E-state index in [4.69, 9.17) is 4.74 Å². The number of hydrogen-bond acceptors (Lipinski definition) is 5. The normalized spacial score (nSPS) is 10.8. The molecule has 0 aliphatic heterocycles. The number of hydrogen-bond donors (Lipinski definition) is 3. The summed E-state index contributed by atoms with van der Waals surface area (Å²) in [6.45, 7) is 8.27. The van der Waals surface area contributed by atoms with E-state index in [-0.39, 0.29) is 19.1 Å². The molecule has 0 aliphatic rings. The van der Waals surface area contributed by atoms with E-state index >= 15 is 0 Å². The van der Waals surface area contributed by atoms with E-state index in [0.29, 0.717) is 17.2 Å². The molecule has 0 aliphatic carbocycles. The van der Waals surface area contributed by atoms with Gasteiger partial charge in [-0.3, -0.25) is 14.4 Å². The van der Waals surface area contributed by atoms with E-state index in [0.717, 1.165) is 22.4 Å². The second-order valence-corrected chi connectivity index (χ2v) is 9.00. The Morgan fingerprint density at radius 2 is 1.62 bits per heavy atom. The van der Waals surface area contributed by atoms with Gasteiger partial charge >= 0.3 is 11.8 Å². The summed E-state index contributed by atoms with van der Waals surface area (Å²) in [6.07, 6.45) is 1.41. The lowest BCUT2D eigenvalue weighted by Crippen LogP contribution is -2.37. The highest BCUT2D eigenvalue weighted by Gasteiger charge is 2.12. The topological polar surface area (TPSA) is 109 Å². The minimum atomic E-state index is -0.857. The Kier molecular flexibility index (Phi) is 9.55. The van der Waals surface area contributed by atoms with Crippen LogP contribution in [0.5, 0.6) is 5.75 Å². The predicted octanol–water partition coefficient (Wildman–Crippen LogP) is 4.21. The second kappa shape index (κ2) is 13.0. The summed E-state index contributed by atoms with van der Waals surface area (Å²) in [5.74, 6) is -0.946. The van der Waals surface area contributed by atoms with Crippen LogP contribution in [-0.4, -0.2) is 30.5 Å². The third kappa shape index (κ3) is 8.61. The van der Waals surface area contributed by atoms with Crippen LogP contribution in [0.25, 0.3) is 0 Å². The molecule has 0 saturated heterocycles. The minimum absolute atomic E-state index is 0.131. The van der Waals surface area contributed by atoms with Crippen LogP contribution in [0.1, 0.15) is 47.6 Å². The molecule has 3 N–H and O–H groups in total. The summed E-state index contributed by atoms with van der Waals surface area (Å²) in [4.78, 5) is 36.2. The molecule has 3 aromatic rings. The van der Waals surface area contributed by atoms with Gasteiger partial charge in [-0.25, -0.2) is 5.43 Å². The van der Waals surface area contributed by atoms with Crippen molar-refractivity contribution in [2.24, 2.45) is 5.10 Å². The van der Waals surface area contributed by atoms with E-state index in [1.54, 1.807) is 24.3 Å². The number of benzene rings is 3. The van der Waals surface area contributed by atoms with Gasteiger partial charge in [0.1, 0.15) is 5.75 Å². The number of carbonyl (C=O) groups is 3. The van der Waals surface area contributed by atoms with Crippen molar-refractivity contribution in [3.05, 3.63) is 94.5 Å². The lowest BCUT2D eigenvalue weighted by atomic mass is 10.0. The molecule has 3 aromatic carbocycles. The van der Waals surface area contributed by atoms with Crippen LogP contribution in [0.15, 0.2) is 71.8 Å². The van der Waals surface area contributed by atoms with E-state index in [1.807, 2.05) is 56.3 Å². The number of hydrazone groups is 1.